The molecule has 94 valence electrons. The average Bonchev–Trinajstić information content (AvgIpc) is 2.82. The van der Waals surface area contributed by atoms with Crippen molar-refractivity contribution in [2.75, 3.05) is 5.32 Å². The largest absolute Gasteiger partial charge is 0.326 e. The highest BCUT2D eigenvalue weighted by Crippen LogP contribution is 2.13. The van der Waals surface area contributed by atoms with Crippen LogP contribution >= 0.6 is 0 Å². The lowest BCUT2D eigenvalue weighted by Gasteiger charge is -2.08. The summed E-state index contributed by atoms with van der Waals surface area (Å²) in [5.74, 6) is 0.426. The quantitative estimate of drug-likeness (QED) is 0.897. The van der Waals surface area contributed by atoms with Crippen molar-refractivity contribution >= 4 is 11.6 Å². The second-order valence-corrected chi connectivity index (χ2v) is 4.66. The van der Waals surface area contributed by atoms with Crippen LogP contribution in [-0.2, 0) is 4.79 Å². The van der Waals surface area contributed by atoms with Crippen LogP contribution in [0.4, 0.5) is 5.69 Å². The van der Waals surface area contributed by atoms with Gasteiger partial charge in [-0.2, -0.15) is 0 Å². The number of rotatable bonds is 4. The molecule has 0 bridgehead atoms. The van der Waals surface area contributed by atoms with Gasteiger partial charge in [0.05, 0.1) is 6.33 Å². The first-order chi connectivity index (χ1) is 8.65. The zero-order valence-electron chi connectivity index (χ0n) is 10.6. The first-order valence-corrected chi connectivity index (χ1v) is 6.03. The molecule has 4 nitrogen and oxygen atoms in total. The van der Waals surface area contributed by atoms with Gasteiger partial charge in [-0.25, -0.2) is 4.98 Å². The van der Waals surface area contributed by atoms with E-state index in [4.69, 9.17) is 0 Å². The lowest BCUT2D eigenvalue weighted by molar-refractivity contribution is -0.116. The summed E-state index contributed by atoms with van der Waals surface area (Å²) >= 11 is 0. The van der Waals surface area contributed by atoms with E-state index in [-0.39, 0.29) is 5.91 Å². The molecule has 18 heavy (non-hydrogen) atoms. The standard InChI is InChI=1S/C14H17N3O/c1-11(2)9-14(18)16-12-3-5-13(6-4-12)17-8-7-15-10-17/h3-8,10-11H,9H2,1-2H3,(H,16,18). The van der Waals surface area contributed by atoms with E-state index in [1.54, 1.807) is 12.5 Å². The molecule has 1 heterocycles. The molecule has 0 spiro atoms. The summed E-state index contributed by atoms with van der Waals surface area (Å²) in [6, 6.07) is 7.69. The Balaban J connectivity index is 2.02. The highest BCUT2D eigenvalue weighted by molar-refractivity contribution is 5.90. The van der Waals surface area contributed by atoms with Crippen LogP contribution in [0.2, 0.25) is 0 Å². The predicted octanol–water partition coefficient (Wildman–Crippen LogP) is 2.86. The van der Waals surface area contributed by atoms with Crippen molar-refractivity contribution in [3.8, 4) is 5.69 Å². The van der Waals surface area contributed by atoms with Crippen LogP contribution in [0.1, 0.15) is 20.3 Å². The Bertz CT molecular complexity index is 500. The number of hydrogen-bond acceptors (Lipinski definition) is 2. The number of hydrogen-bond donors (Lipinski definition) is 1. The summed E-state index contributed by atoms with van der Waals surface area (Å²) in [7, 11) is 0. The summed E-state index contributed by atoms with van der Waals surface area (Å²) < 4.78 is 1.92. The molecular weight excluding hydrogens is 226 g/mol. The zero-order chi connectivity index (χ0) is 13.0. The highest BCUT2D eigenvalue weighted by Gasteiger charge is 2.05. The Morgan fingerprint density at radius 2 is 2.06 bits per heavy atom. The van der Waals surface area contributed by atoms with Crippen molar-refractivity contribution in [1.29, 1.82) is 0 Å². The van der Waals surface area contributed by atoms with Crippen LogP contribution in [0, 0.1) is 5.92 Å². The van der Waals surface area contributed by atoms with Crippen LogP contribution in [0.3, 0.4) is 0 Å². The van der Waals surface area contributed by atoms with Crippen LogP contribution in [0.25, 0.3) is 5.69 Å². The number of nitrogens with zero attached hydrogens (tertiary/aromatic N) is 2. The van der Waals surface area contributed by atoms with Gasteiger partial charge in [0.2, 0.25) is 5.91 Å². The molecule has 1 aromatic carbocycles. The molecule has 0 atom stereocenters. The fraction of sp³-hybridized carbons (Fsp3) is 0.286. The fourth-order valence-electron chi connectivity index (χ4n) is 1.71. The highest BCUT2D eigenvalue weighted by atomic mass is 16.1. The van der Waals surface area contributed by atoms with E-state index in [1.807, 2.05) is 48.9 Å². The summed E-state index contributed by atoms with van der Waals surface area (Å²) in [5, 5.41) is 2.88. The van der Waals surface area contributed by atoms with Gasteiger partial charge in [0, 0.05) is 30.2 Å². The van der Waals surface area contributed by atoms with E-state index < -0.39 is 0 Å². The number of imidazole rings is 1. The van der Waals surface area contributed by atoms with Crippen molar-refractivity contribution in [3.63, 3.8) is 0 Å². The maximum absolute atomic E-state index is 11.6. The number of aromatic nitrogens is 2. The summed E-state index contributed by atoms with van der Waals surface area (Å²) in [6.07, 6.45) is 5.90. The first kappa shape index (κ1) is 12.4. The van der Waals surface area contributed by atoms with Crippen LogP contribution in [-0.4, -0.2) is 15.5 Å². The molecule has 0 unspecified atom stereocenters. The Kier molecular flexibility index (Phi) is 3.77. The minimum Gasteiger partial charge on any atom is -0.326 e. The van der Waals surface area contributed by atoms with Crippen LogP contribution < -0.4 is 5.32 Å². The van der Waals surface area contributed by atoms with Gasteiger partial charge in [0.15, 0.2) is 0 Å². The van der Waals surface area contributed by atoms with E-state index in [0.29, 0.717) is 12.3 Å². The van der Waals surface area contributed by atoms with Gasteiger partial charge in [-0.3, -0.25) is 4.79 Å². The number of benzene rings is 1. The third-order valence-electron chi connectivity index (χ3n) is 2.55. The van der Waals surface area contributed by atoms with Gasteiger partial charge in [0.1, 0.15) is 0 Å². The maximum Gasteiger partial charge on any atom is 0.224 e. The molecule has 0 aliphatic rings. The van der Waals surface area contributed by atoms with E-state index in [0.717, 1.165) is 11.4 Å². The minimum absolute atomic E-state index is 0.0559. The number of anilines is 1. The van der Waals surface area contributed by atoms with Gasteiger partial charge in [-0.15, -0.1) is 0 Å². The second kappa shape index (κ2) is 5.49. The van der Waals surface area contributed by atoms with E-state index in [9.17, 15) is 4.79 Å². The molecule has 4 heteroatoms. The van der Waals surface area contributed by atoms with Crippen molar-refractivity contribution in [2.24, 2.45) is 5.92 Å². The monoisotopic (exact) mass is 243 g/mol. The third kappa shape index (κ3) is 3.20. The second-order valence-electron chi connectivity index (χ2n) is 4.66. The Labute approximate surface area is 107 Å². The number of nitrogens with one attached hydrogen (secondary N) is 1. The Morgan fingerprint density at radius 3 is 2.61 bits per heavy atom. The molecule has 0 fully saturated rings. The lowest BCUT2D eigenvalue weighted by atomic mass is 10.1. The van der Waals surface area contributed by atoms with Crippen LogP contribution in [0.15, 0.2) is 43.0 Å². The molecule has 1 aromatic heterocycles. The smallest absolute Gasteiger partial charge is 0.224 e. The predicted molar refractivity (Wildman–Crippen MR) is 71.6 cm³/mol. The van der Waals surface area contributed by atoms with Crippen molar-refractivity contribution in [2.45, 2.75) is 20.3 Å². The molecule has 0 saturated heterocycles. The molecule has 0 radical (unpaired) electrons. The van der Waals surface area contributed by atoms with E-state index >= 15 is 0 Å². The molecule has 2 aromatic rings. The topological polar surface area (TPSA) is 46.9 Å². The van der Waals surface area contributed by atoms with E-state index in [2.05, 4.69) is 10.3 Å². The number of carbonyl (C=O) groups excluding carboxylic acids is 1. The molecular formula is C14H17N3O. The first-order valence-electron chi connectivity index (χ1n) is 6.03. The SMILES string of the molecule is CC(C)CC(=O)Nc1ccc(-n2ccnc2)cc1. The molecule has 2 rings (SSSR count). The van der Waals surface area contributed by atoms with Gasteiger partial charge >= 0.3 is 0 Å². The Morgan fingerprint density at radius 1 is 1.33 bits per heavy atom. The van der Waals surface area contributed by atoms with Gasteiger partial charge in [0.25, 0.3) is 0 Å². The Hall–Kier alpha value is -2.10. The summed E-state index contributed by atoms with van der Waals surface area (Å²) in [6.45, 7) is 4.06. The van der Waals surface area contributed by atoms with Gasteiger partial charge in [-0.05, 0) is 30.2 Å². The number of amides is 1. The van der Waals surface area contributed by atoms with Gasteiger partial charge in [-0.1, -0.05) is 13.8 Å². The van der Waals surface area contributed by atoms with Crippen LogP contribution in [0.5, 0.6) is 0 Å². The van der Waals surface area contributed by atoms with Gasteiger partial charge < -0.3 is 9.88 Å². The normalized spacial score (nSPS) is 10.6. The average molecular weight is 243 g/mol. The zero-order valence-corrected chi connectivity index (χ0v) is 10.6. The minimum atomic E-state index is 0.0559. The molecule has 1 N–H and O–H groups in total. The summed E-state index contributed by atoms with van der Waals surface area (Å²) in [5.41, 5.74) is 1.85. The summed E-state index contributed by atoms with van der Waals surface area (Å²) in [4.78, 5) is 15.6. The lowest BCUT2D eigenvalue weighted by Crippen LogP contribution is -2.13. The fourth-order valence-corrected chi connectivity index (χ4v) is 1.71. The number of carbonyl (C=O) groups is 1. The molecule has 0 aliphatic carbocycles. The van der Waals surface area contributed by atoms with Crippen molar-refractivity contribution < 1.29 is 4.79 Å². The molecule has 0 aliphatic heterocycles. The third-order valence-corrected chi connectivity index (χ3v) is 2.55. The molecule has 1 amide bonds. The maximum atomic E-state index is 11.6. The van der Waals surface area contributed by atoms with Crippen molar-refractivity contribution in [1.82, 2.24) is 9.55 Å². The van der Waals surface area contributed by atoms with E-state index in [1.165, 1.54) is 0 Å². The molecule has 0 saturated carbocycles. The van der Waals surface area contributed by atoms with Crippen molar-refractivity contribution in [3.05, 3.63) is 43.0 Å².